The summed E-state index contributed by atoms with van der Waals surface area (Å²) in [5, 5.41) is 4.10. The molecule has 4 nitrogen and oxygen atoms in total. The summed E-state index contributed by atoms with van der Waals surface area (Å²) in [7, 11) is 0. The fraction of sp³-hybridized carbons (Fsp3) is 0.222. The Kier molecular flexibility index (Phi) is 2.33. The van der Waals surface area contributed by atoms with Crippen molar-refractivity contribution >= 4 is 27.4 Å². The first kappa shape index (κ1) is 9.33. The van der Waals surface area contributed by atoms with Crippen LogP contribution in [0.5, 0.6) is 0 Å². The zero-order chi connectivity index (χ0) is 10.1. The molecule has 0 saturated heterocycles. The topological polar surface area (TPSA) is 47.3 Å². The number of aromatic nitrogens is 3. The van der Waals surface area contributed by atoms with Crippen LogP contribution in [0, 0.1) is 0 Å². The van der Waals surface area contributed by atoms with Crippen molar-refractivity contribution in [3.8, 4) is 0 Å². The maximum Gasteiger partial charge on any atom is 0.155 e. The van der Waals surface area contributed by atoms with Gasteiger partial charge in [-0.2, -0.15) is 5.10 Å². The van der Waals surface area contributed by atoms with E-state index in [1.54, 1.807) is 17.6 Å². The Hall–Kier alpha value is -1.23. The number of halogens is 1. The van der Waals surface area contributed by atoms with Gasteiger partial charge in [0, 0.05) is 6.20 Å². The maximum atomic E-state index is 11.0. The van der Waals surface area contributed by atoms with Crippen LogP contribution in [0.3, 0.4) is 0 Å². The van der Waals surface area contributed by atoms with E-state index in [0.29, 0.717) is 6.42 Å². The van der Waals surface area contributed by atoms with E-state index in [0.717, 1.165) is 15.9 Å². The van der Waals surface area contributed by atoms with Crippen molar-refractivity contribution in [1.29, 1.82) is 0 Å². The van der Waals surface area contributed by atoms with Gasteiger partial charge in [-0.15, -0.1) is 0 Å². The third-order valence-corrected chi connectivity index (χ3v) is 2.61. The number of fused-ring (bicyclic) bond motifs is 1. The first-order valence-corrected chi connectivity index (χ1v) is 4.95. The second-order valence-electron chi connectivity index (χ2n) is 3.02. The van der Waals surface area contributed by atoms with Crippen LogP contribution >= 0.6 is 15.9 Å². The molecule has 0 fully saturated rings. The van der Waals surface area contributed by atoms with Crippen LogP contribution in [-0.4, -0.2) is 20.4 Å². The Balaban J connectivity index is 2.57. The van der Waals surface area contributed by atoms with E-state index in [1.165, 1.54) is 0 Å². The van der Waals surface area contributed by atoms with E-state index in [2.05, 4.69) is 26.0 Å². The summed E-state index contributed by atoms with van der Waals surface area (Å²) >= 11 is 3.37. The van der Waals surface area contributed by atoms with Crippen LogP contribution in [0.15, 0.2) is 22.9 Å². The molecule has 0 aliphatic rings. The van der Waals surface area contributed by atoms with Gasteiger partial charge in [0.1, 0.15) is 10.4 Å². The lowest BCUT2D eigenvalue weighted by atomic mass is 10.2. The largest absolute Gasteiger partial charge is 0.300 e. The van der Waals surface area contributed by atoms with Crippen LogP contribution in [0.4, 0.5) is 0 Å². The number of hydrogen-bond donors (Lipinski definition) is 0. The Morgan fingerprint density at radius 1 is 1.64 bits per heavy atom. The Bertz CT molecular complexity index is 492. The van der Waals surface area contributed by atoms with Crippen molar-refractivity contribution in [3.63, 3.8) is 0 Å². The highest BCUT2D eigenvalue weighted by atomic mass is 79.9. The third kappa shape index (κ3) is 1.55. The minimum absolute atomic E-state index is 0.0918. The fourth-order valence-corrected chi connectivity index (χ4v) is 1.76. The molecule has 0 spiro atoms. The SMILES string of the molecule is CC(=O)Cc1nc2cccnn2c1Br. The maximum absolute atomic E-state index is 11.0. The molecule has 2 heterocycles. The molecule has 0 bridgehead atoms. The second-order valence-corrected chi connectivity index (χ2v) is 3.77. The van der Waals surface area contributed by atoms with Crippen LogP contribution in [0.25, 0.3) is 5.65 Å². The Morgan fingerprint density at radius 3 is 3.07 bits per heavy atom. The van der Waals surface area contributed by atoms with Gasteiger partial charge in [0.15, 0.2) is 5.65 Å². The van der Waals surface area contributed by atoms with Gasteiger partial charge in [-0.05, 0) is 35.0 Å². The standard InChI is InChI=1S/C9H8BrN3O/c1-6(14)5-7-9(10)13-8(12-7)3-2-4-11-13/h2-4H,5H2,1H3. The molecule has 14 heavy (non-hydrogen) atoms. The van der Waals surface area contributed by atoms with Gasteiger partial charge in [0.2, 0.25) is 0 Å². The van der Waals surface area contributed by atoms with Gasteiger partial charge in [-0.1, -0.05) is 0 Å². The van der Waals surface area contributed by atoms with E-state index in [1.807, 2.05) is 12.1 Å². The van der Waals surface area contributed by atoms with Crippen LogP contribution in [-0.2, 0) is 11.2 Å². The van der Waals surface area contributed by atoms with Crippen molar-refractivity contribution in [2.75, 3.05) is 0 Å². The van der Waals surface area contributed by atoms with Crippen LogP contribution in [0.1, 0.15) is 12.6 Å². The number of Topliss-reactive ketones (excluding diaryl/α,β-unsaturated/α-hetero) is 1. The van der Waals surface area contributed by atoms with Gasteiger partial charge in [-0.3, -0.25) is 4.79 Å². The first-order chi connectivity index (χ1) is 6.68. The van der Waals surface area contributed by atoms with E-state index < -0.39 is 0 Å². The number of hydrogen-bond acceptors (Lipinski definition) is 3. The first-order valence-electron chi connectivity index (χ1n) is 4.16. The van der Waals surface area contributed by atoms with Crippen molar-refractivity contribution in [3.05, 3.63) is 28.6 Å². The predicted octanol–water partition coefficient (Wildman–Crippen LogP) is 1.62. The quantitative estimate of drug-likeness (QED) is 0.818. The summed E-state index contributed by atoms with van der Waals surface area (Å²) < 4.78 is 2.42. The van der Waals surface area contributed by atoms with Gasteiger partial charge in [-0.25, -0.2) is 9.50 Å². The molecule has 0 aliphatic carbocycles. The van der Waals surface area contributed by atoms with E-state index in [9.17, 15) is 4.79 Å². The van der Waals surface area contributed by atoms with Gasteiger partial charge in [0.25, 0.3) is 0 Å². The van der Waals surface area contributed by atoms with Crippen molar-refractivity contribution in [1.82, 2.24) is 14.6 Å². The van der Waals surface area contributed by atoms with Gasteiger partial charge in [0.05, 0.1) is 12.1 Å². The van der Waals surface area contributed by atoms with Gasteiger partial charge < -0.3 is 0 Å². The highest BCUT2D eigenvalue weighted by Gasteiger charge is 2.11. The predicted molar refractivity (Wildman–Crippen MR) is 55.1 cm³/mol. The molecule has 0 aliphatic heterocycles. The molecule has 72 valence electrons. The number of rotatable bonds is 2. The average Bonchev–Trinajstić information content (AvgIpc) is 2.44. The molecule has 2 aromatic heterocycles. The summed E-state index contributed by atoms with van der Waals surface area (Å²) in [6.07, 6.45) is 2.01. The molecule has 0 unspecified atom stereocenters. The summed E-state index contributed by atoms with van der Waals surface area (Å²) in [5.41, 5.74) is 1.48. The summed E-state index contributed by atoms with van der Waals surface area (Å²) in [4.78, 5) is 15.2. The fourth-order valence-electron chi connectivity index (χ4n) is 1.25. The zero-order valence-corrected chi connectivity index (χ0v) is 9.15. The number of carbonyl (C=O) groups is 1. The number of carbonyl (C=O) groups excluding carboxylic acids is 1. The highest BCUT2D eigenvalue weighted by molar-refractivity contribution is 9.10. The van der Waals surface area contributed by atoms with Crippen molar-refractivity contribution < 1.29 is 4.79 Å². The molecule has 0 aromatic carbocycles. The number of imidazole rings is 1. The summed E-state index contributed by atoms with van der Waals surface area (Å²) in [6, 6.07) is 3.66. The van der Waals surface area contributed by atoms with E-state index in [4.69, 9.17) is 0 Å². The molecule has 0 radical (unpaired) electrons. The lowest BCUT2D eigenvalue weighted by molar-refractivity contribution is -0.116. The molecule has 0 saturated carbocycles. The summed E-state index contributed by atoms with van der Waals surface area (Å²) in [6.45, 7) is 1.55. The molecule has 5 heteroatoms. The zero-order valence-electron chi connectivity index (χ0n) is 7.57. The molecular formula is C9H8BrN3O. The molecule has 0 N–H and O–H groups in total. The smallest absolute Gasteiger partial charge is 0.155 e. The minimum Gasteiger partial charge on any atom is -0.300 e. The summed E-state index contributed by atoms with van der Waals surface area (Å²) in [5.74, 6) is 0.0918. The molecule has 2 rings (SSSR count). The number of nitrogens with zero attached hydrogens (tertiary/aromatic N) is 3. The normalized spacial score (nSPS) is 10.7. The second kappa shape index (κ2) is 3.49. The highest BCUT2D eigenvalue weighted by Crippen LogP contribution is 2.17. The van der Waals surface area contributed by atoms with Gasteiger partial charge >= 0.3 is 0 Å². The third-order valence-electron chi connectivity index (χ3n) is 1.82. The Labute approximate surface area is 89.1 Å². The van der Waals surface area contributed by atoms with Crippen molar-refractivity contribution in [2.24, 2.45) is 0 Å². The average molecular weight is 254 g/mol. The monoisotopic (exact) mass is 253 g/mol. The van der Waals surface area contributed by atoms with Crippen LogP contribution in [0.2, 0.25) is 0 Å². The Morgan fingerprint density at radius 2 is 2.43 bits per heavy atom. The molecule has 0 atom stereocenters. The van der Waals surface area contributed by atoms with E-state index in [-0.39, 0.29) is 5.78 Å². The lowest BCUT2D eigenvalue weighted by Gasteiger charge is -1.92. The molecule has 2 aromatic rings. The van der Waals surface area contributed by atoms with Crippen LogP contribution < -0.4 is 0 Å². The molecule has 0 amide bonds. The van der Waals surface area contributed by atoms with Crippen molar-refractivity contribution in [2.45, 2.75) is 13.3 Å². The van der Waals surface area contributed by atoms with E-state index >= 15 is 0 Å². The minimum atomic E-state index is 0.0918. The lowest BCUT2D eigenvalue weighted by Crippen LogP contribution is -1.97. The number of ketones is 1. The molecular weight excluding hydrogens is 246 g/mol.